The van der Waals surface area contributed by atoms with Gasteiger partial charge < -0.3 is 15.2 Å². The summed E-state index contributed by atoms with van der Waals surface area (Å²) in [6, 6.07) is 14.7. The maximum atomic E-state index is 10.4. The Hall–Kier alpha value is -2.27. The van der Waals surface area contributed by atoms with Gasteiger partial charge in [0.2, 0.25) is 0 Å². The highest BCUT2D eigenvalue weighted by Gasteiger charge is 2.14. The number of hydrogen-bond acceptors (Lipinski definition) is 4. The van der Waals surface area contributed by atoms with Gasteiger partial charge in [0.25, 0.3) is 0 Å². The molecule has 3 aromatic rings. The molecule has 0 amide bonds. The molecule has 4 nitrogen and oxygen atoms in total. The molecule has 0 atom stereocenters. The minimum absolute atomic E-state index is 0.172. The Balaban J connectivity index is 2.10. The van der Waals surface area contributed by atoms with Gasteiger partial charge in [-0.1, -0.05) is 40.9 Å². The summed E-state index contributed by atoms with van der Waals surface area (Å²) in [4.78, 5) is 4.69. The van der Waals surface area contributed by atoms with Crippen molar-refractivity contribution in [2.75, 3.05) is 25.6 Å². The predicted molar refractivity (Wildman–Crippen MR) is 117 cm³/mol. The van der Waals surface area contributed by atoms with Crippen LogP contribution in [-0.4, -0.2) is 30.4 Å². The first kappa shape index (κ1) is 20.5. The fourth-order valence-corrected chi connectivity index (χ4v) is 3.58. The molecule has 0 radical (unpaired) electrons. The van der Waals surface area contributed by atoms with Gasteiger partial charge in [0.15, 0.2) is 0 Å². The Labute approximate surface area is 175 Å². The zero-order chi connectivity index (χ0) is 20.1. The van der Waals surface area contributed by atoms with Gasteiger partial charge >= 0.3 is 0 Å². The summed E-state index contributed by atoms with van der Waals surface area (Å²) in [6.07, 6.45) is 0.848. The number of nitrogens with one attached hydrogen (secondary N) is 1. The number of halogens is 2. The number of nitrogens with zero attached hydrogens (tertiary/aromatic N) is 1. The van der Waals surface area contributed by atoms with Crippen molar-refractivity contribution in [3.8, 4) is 28.1 Å². The number of anilines is 1. The van der Waals surface area contributed by atoms with Gasteiger partial charge in [0.05, 0.1) is 5.69 Å². The SMILES string of the molecule is COCCCNc1cc(-c2c(Cl)cccc2Cl)cc(-c2cc(C)ccc2O)n1. The van der Waals surface area contributed by atoms with Crippen LogP contribution in [-0.2, 0) is 4.74 Å². The van der Waals surface area contributed by atoms with Crippen LogP contribution >= 0.6 is 23.2 Å². The number of aryl methyl sites for hydroxylation is 1. The van der Waals surface area contributed by atoms with Gasteiger partial charge in [-0.25, -0.2) is 4.98 Å². The molecule has 0 fully saturated rings. The molecule has 0 aliphatic carbocycles. The second kappa shape index (κ2) is 9.28. The third-order valence-corrected chi connectivity index (χ3v) is 4.97. The molecular weight excluding hydrogens is 395 g/mol. The lowest BCUT2D eigenvalue weighted by atomic mass is 10.0. The Bertz CT molecular complexity index is 956. The molecule has 0 aliphatic rings. The van der Waals surface area contributed by atoms with E-state index in [1.54, 1.807) is 25.3 Å². The monoisotopic (exact) mass is 416 g/mol. The molecule has 6 heteroatoms. The van der Waals surface area contributed by atoms with Crippen LogP contribution in [0.4, 0.5) is 5.82 Å². The van der Waals surface area contributed by atoms with E-state index in [0.717, 1.165) is 23.1 Å². The lowest BCUT2D eigenvalue weighted by Gasteiger charge is -2.14. The maximum Gasteiger partial charge on any atom is 0.127 e. The van der Waals surface area contributed by atoms with Gasteiger partial charge in [-0.05, 0) is 55.3 Å². The van der Waals surface area contributed by atoms with Crippen LogP contribution in [0.1, 0.15) is 12.0 Å². The summed E-state index contributed by atoms with van der Waals surface area (Å²) in [6.45, 7) is 3.34. The minimum Gasteiger partial charge on any atom is -0.507 e. The molecule has 0 saturated carbocycles. The summed E-state index contributed by atoms with van der Waals surface area (Å²) >= 11 is 12.9. The van der Waals surface area contributed by atoms with Crippen molar-refractivity contribution >= 4 is 29.0 Å². The highest BCUT2D eigenvalue weighted by molar-refractivity contribution is 6.39. The zero-order valence-electron chi connectivity index (χ0n) is 15.8. The summed E-state index contributed by atoms with van der Waals surface area (Å²) in [5.41, 5.74) is 3.90. The van der Waals surface area contributed by atoms with Gasteiger partial charge in [0.1, 0.15) is 11.6 Å². The number of hydrogen-bond donors (Lipinski definition) is 2. The molecule has 0 unspecified atom stereocenters. The van der Waals surface area contributed by atoms with Crippen molar-refractivity contribution in [3.63, 3.8) is 0 Å². The first-order valence-corrected chi connectivity index (χ1v) is 9.74. The molecule has 3 rings (SSSR count). The van der Waals surface area contributed by atoms with E-state index in [1.165, 1.54) is 0 Å². The topological polar surface area (TPSA) is 54.4 Å². The first-order chi connectivity index (χ1) is 13.5. The van der Waals surface area contributed by atoms with Gasteiger partial charge in [0, 0.05) is 41.4 Å². The third kappa shape index (κ3) is 4.76. The Morgan fingerprint density at radius 3 is 2.54 bits per heavy atom. The van der Waals surface area contributed by atoms with E-state index in [1.807, 2.05) is 37.3 Å². The molecule has 146 valence electrons. The molecule has 2 aromatic carbocycles. The molecule has 0 saturated heterocycles. The number of pyridine rings is 1. The van der Waals surface area contributed by atoms with E-state index in [9.17, 15) is 5.11 Å². The van der Waals surface area contributed by atoms with E-state index in [-0.39, 0.29) is 5.75 Å². The molecule has 2 N–H and O–H groups in total. The van der Waals surface area contributed by atoms with Crippen LogP contribution in [0.15, 0.2) is 48.5 Å². The van der Waals surface area contributed by atoms with Crippen molar-refractivity contribution in [3.05, 3.63) is 64.1 Å². The lowest BCUT2D eigenvalue weighted by Crippen LogP contribution is -2.06. The van der Waals surface area contributed by atoms with Crippen LogP contribution in [0, 0.1) is 6.92 Å². The van der Waals surface area contributed by atoms with E-state index < -0.39 is 0 Å². The molecule has 1 heterocycles. The number of methoxy groups -OCH3 is 1. The number of ether oxygens (including phenoxy) is 1. The van der Waals surface area contributed by atoms with Crippen LogP contribution in [0.3, 0.4) is 0 Å². The van der Waals surface area contributed by atoms with Gasteiger partial charge in [-0.15, -0.1) is 0 Å². The molecule has 28 heavy (non-hydrogen) atoms. The molecular formula is C22H22Cl2N2O2. The molecule has 1 aromatic heterocycles. The fraction of sp³-hybridized carbons (Fsp3) is 0.227. The number of aromatic hydroxyl groups is 1. The second-order valence-electron chi connectivity index (χ2n) is 6.52. The number of phenols is 1. The summed E-state index contributed by atoms with van der Waals surface area (Å²) in [5, 5.41) is 14.8. The Morgan fingerprint density at radius 1 is 1.07 bits per heavy atom. The normalized spacial score (nSPS) is 10.9. The van der Waals surface area contributed by atoms with Crippen molar-refractivity contribution in [2.24, 2.45) is 0 Å². The molecule has 0 aliphatic heterocycles. The average molecular weight is 417 g/mol. The van der Waals surface area contributed by atoms with Crippen molar-refractivity contribution in [1.82, 2.24) is 4.98 Å². The van der Waals surface area contributed by atoms with E-state index in [4.69, 9.17) is 27.9 Å². The number of aromatic nitrogens is 1. The van der Waals surface area contributed by atoms with Crippen molar-refractivity contribution in [2.45, 2.75) is 13.3 Å². The van der Waals surface area contributed by atoms with Gasteiger partial charge in [-0.2, -0.15) is 0 Å². The fourth-order valence-electron chi connectivity index (χ4n) is 2.97. The summed E-state index contributed by atoms with van der Waals surface area (Å²) in [7, 11) is 1.68. The smallest absolute Gasteiger partial charge is 0.127 e. The lowest BCUT2D eigenvalue weighted by molar-refractivity contribution is 0.198. The predicted octanol–water partition coefficient (Wildman–Crippen LogP) is 6.18. The van der Waals surface area contributed by atoms with Crippen molar-refractivity contribution < 1.29 is 9.84 Å². The standard InChI is InChI=1S/C22H22Cl2N2O2/c1-14-7-8-20(27)16(11-14)19-12-15(22-17(23)5-3-6-18(22)24)13-21(26-19)25-9-4-10-28-2/h3,5-8,11-13,27H,4,9-10H2,1-2H3,(H,25,26). The molecule has 0 spiro atoms. The zero-order valence-corrected chi connectivity index (χ0v) is 17.3. The number of benzene rings is 2. The Morgan fingerprint density at radius 2 is 1.82 bits per heavy atom. The minimum atomic E-state index is 0.172. The van der Waals surface area contributed by atoms with Crippen LogP contribution in [0.25, 0.3) is 22.4 Å². The average Bonchev–Trinajstić information content (AvgIpc) is 2.67. The quantitative estimate of drug-likeness (QED) is 0.451. The van der Waals surface area contributed by atoms with E-state index in [2.05, 4.69) is 10.3 Å². The third-order valence-electron chi connectivity index (χ3n) is 4.34. The second-order valence-corrected chi connectivity index (χ2v) is 7.33. The summed E-state index contributed by atoms with van der Waals surface area (Å²) in [5.74, 6) is 0.853. The first-order valence-electron chi connectivity index (χ1n) is 8.99. The highest BCUT2D eigenvalue weighted by atomic mass is 35.5. The van der Waals surface area contributed by atoms with Crippen LogP contribution < -0.4 is 5.32 Å². The largest absolute Gasteiger partial charge is 0.507 e. The highest BCUT2D eigenvalue weighted by Crippen LogP contribution is 2.38. The van der Waals surface area contributed by atoms with Gasteiger partial charge in [-0.3, -0.25) is 0 Å². The van der Waals surface area contributed by atoms with E-state index >= 15 is 0 Å². The summed E-state index contributed by atoms with van der Waals surface area (Å²) < 4.78 is 5.10. The van der Waals surface area contributed by atoms with Crippen LogP contribution in [0.2, 0.25) is 10.0 Å². The van der Waals surface area contributed by atoms with Crippen LogP contribution in [0.5, 0.6) is 5.75 Å². The van der Waals surface area contributed by atoms with Crippen molar-refractivity contribution in [1.29, 1.82) is 0 Å². The molecule has 0 bridgehead atoms. The Kier molecular flexibility index (Phi) is 6.79. The van der Waals surface area contributed by atoms with E-state index in [0.29, 0.717) is 40.3 Å². The maximum absolute atomic E-state index is 10.4. The number of phenolic OH excluding ortho intramolecular Hbond substituents is 1. The number of rotatable bonds is 7.